The van der Waals surface area contributed by atoms with Crippen molar-refractivity contribution in [2.75, 3.05) is 6.61 Å². The third kappa shape index (κ3) is 10.4. The zero-order valence-electron chi connectivity index (χ0n) is 18.9. The molecule has 0 saturated heterocycles. The smallest absolute Gasteiger partial charge is 0.326 e. The first kappa shape index (κ1) is 29.8. The minimum Gasteiger partial charge on any atom is -0.508 e. The van der Waals surface area contributed by atoms with E-state index < -0.39 is 85.7 Å². The summed E-state index contributed by atoms with van der Waals surface area (Å²) in [5.41, 5.74) is 6.39. The molecule has 0 radical (unpaired) electrons. The predicted octanol–water partition coefficient (Wildman–Crippen LogP) is -2.87. The van der Waals surface area contributed by atoms with Crippen LogP contribution in [0.25, 0.3) is 0 Å². The Morgan fingerprint density at radius 1 is 0.778 bits per heavy atom. The fraction of sp³-hybridized carbons (Fsp3) is 0.429. The van der Waals surface area contributed by atoms with Crippen LogP contribution in [-0.4, -0.2) is 91.9 Å². The van der Waals surface area contributed by atoms with Crippen LogP contribution in [0.5, 0.6) is 5.75 Å². The van der Waals surface area contributed by atoms with E-state index in [4.69, 9.17) is 21.1 Å². The van der Waals surface area contributed by atoms with Gasteiger partial charge in [-0.15, -0.1) is 0 Å². The van der Waals surface area contributed by atoms with Gasteiger partial charge in [-0.2, -0.15) is 0 Å². The summed E-state index contributed by atoms with van der Waals surface area (Å²) in [4.78, 5) is 70.5. The van der Waals surface area contributed by atoms with Gasteiger partial charge in [0.15, 0.2) is 0 Å². The Labute approximate surface area is 204 Å². The number of benzene rings is 1. The van der Waals surface area contributed by atoms with Gasteiger partial charge in [0.1, 0.15) is 23.9 Å². The molecule has 1 aromatic carbocycles. The zero-order chi connectivity index (χ0) is 27.4. The number of aliphatic hydroxyl groups is 1. The molecule has 10 N–H and O–H groups in total. The molecular formula is C21H28N4O11. The first-order valence-corrected chi connectivity index (χ1v) is 10.6. The van der Waals surface area contributed by atoms with Gasteiger partial charge in [0.25, 0.3) is 0 Å². The molecule has 4 unspecified atom stereocenters. The van der Waals surface area contributed by atoms with Gasteiger partial charge in [-0.3, -0.25) is 24.0 Å². The molecule has 198 valence electrons. The number of carbonyl (C=O) groups is 6. The number of amides is 3. The fourth-order valence-corrected chi connectivity index (χ4v) is 2.91. The Kier molecular flexibility index (Phi) is 11.8. The van der Waals surface area contributed by atoms with Gasteiger partial charge in [0, 0.05) is 6.42 Å². The van der Waals surface area contributed by atoms with Crippen molar-refractivity contribution in [2.24, 2.45) is 5.73 Å². The molecule has 0 aromatic heterocycles. The van der Waals surface area contributed by atoms with Crippen molar-refractivity contribution in [1.82, 2.24) is 16.0 Å². The summed E-state index contributed by atoms with van der Waals surface area (Å²) >= 11 is 0. The van der Waals surface area contributed by atoms with Crippen LogP contribution in [-0.2, 0) is 35.2 Å². The number of carboxylic acid groups (broad SMARTS) is 3. The maximum absolute atomic E-state index is 12.6. The van der Waals surface area contributed by atoms with Crippen LogP contribution in [0.1, 0.15) is 24.8 Å². The molecule has 0 fully saturated rings. The Hall–Kier alpha value is -4.24. The number of carboxylic acids is 3. The van der Waals surface area contributed by atoms with Crippen molar-refractivity contribution < 1.29 is 54.3 Å². The van der Waals surface area contributed by atoms with E-state index in [-0.39, 0.29) is 12.2 Å². The highest BCUT2D eigenvalue weighted by Crippen LogP contribution is 2.11. The van der Waals surface area contributed by atoms with E-state index in [1.165, 1.54) is 24.3 Å². The van der Waals surface area contributed by atoms with E-state index >= 15 is 0 Å². The van der Waals surface area contributed by atoms with Gasteiger partial charge in [-0.05, 0) is 30.5 Å². The number of hydrogen-bond acceptors (Lipinski definition) is 9. The van der Waals surface area contributed by atoms with Crippen LogP contribution in [0, 0.1) is 0 Å². The average molecular weight is 512 g/mol. The second-order valence-corrected chi connectivity index (χ2v) is 7.71. The number of rotatable bonds is 15. The van der Waals surface area contributed by atoms with Gasteiger partial charge in [-0.25, -0.2) is 4.79 Å². The van der Waals surface area contributed by atoms with Crippen molar-refractivity contribution in [1.29, 1.82) is 0 Å². The highest BCUT2D eigenvalue weighted by molar-refractivity contribution is 5.95. The van der Waals surface area contributed by atoms with E-state index in [9.17, 15) is 39.0 Å². The molecule has 15 nitrogen and oxygen atoms in total. The van der Waals surface area contributed by atoms with Gasteiger partial charge in [-0.1, -0.05) is 12.1 Å². The number of aromatic hydroxyl groups is 1. The summed E-state index contributed by atoms with van der Waals surface area (Å²) in [6, 6.07) is -0.514. The molecule has 0 spiro atoms. The van der Waals surface area contributed by atoms with Crippen LogP contribution >= 0.6 is 0 Å². The number of carbonyl (C=O) groups excluding carboxylic acids is 3. The quantitative estimate of drug-likeness (QED) is 0.115. The summed E-state index contributed by atoms with van der Waals surface area (Å²) in [5, 5.41) is 51.9. The van der Waals surface area contributed by atoms with Crippen LogP contribution in [0.4, 0.5) is 0 Å². The van der Waals surface area contributed by atoms with Crippen LogP contribution < -0.4 is 21.7 Å². The number of phenols is 1. The van der Waals surface area contributed by atoms with Gasteiger partial charge >= 0.3 is 17.9 Å². The highest BCUT2D eigenvalue weighted by Gasteiger charge is 2.31. The Bertz CT molecular complexity index is 967. The van der Waals surface area contributed by atoms with E-state index in [2.05, 4.69) is 5.32 Å². The molecule has 1 rings (SSSR count). The molecule has 15 heteroatoms. The van der Waals surface area contributed by atoms with Crippen molar-refractivity contribution in [2.45, 2.75) is 49.9 Å². The number of aliphatic hydroxyl groups excluding tert-OH is 1. The monoisotopic (exact) mass is 512 g/mol. The molecular weight excluding hydrogens is 484 g/mol. The number of aliphatic carboxylic acids is 3. The van der Waals surface area contributed by atoms with E-state index in [1.54, 1.807) is 0 Å². The molecule has 0 aliphatic heterocycles. The van der Waals surface area contributed by atoms with Gasteiger partial charge < -0.3 is 47.2 Å². The molecule has 1 aromatic rings. The lowest BCUT2D eigenvalue weighted by molar-refractivity contribution is -0.144. The molecule has 0 saturated carbocycles. The summed E-state index contributed by atoms with van der Waals surface area (Å²) in [5.74, 6) is -7.58. The van der Waals surface area contributed by atoms with E-state index in [0.717, 1.165) is 0 Å². The van der Waals surface area contributed by atoms with Crippen LogP contribution in [0.2, 0.25) is 0 Å². The molecule has 0 bridgehead atoms. The van der Waals surface area contributed by atoms with Crippen molar-refractivity contribution in [3.8, 4) is 5.75 Å². The standard InChI is InChI=1S/C21H28N4O11/c22-12(7-10-1-3-11(27)4-2-10)18(32)24-14(8-17(30)31)19(33)25-15(9-26)20(34)23-13(21(35)36)5-6-16(28)29/h1-4,12-15,26-27H,5-9,22H2,(H,23,34)(H,24,32)(H,25,33)(H,28,29)(H,30,31)(H,35,36). The number of nitrogens with two attached hydrogens (primary N) is 1. The lowest BCUT2D eigenvalue weighted by Crippen LogP contribution is -2.58. The SMILES string of the molecule is NC(Cc1ccc(O)cc1)C(=O)NC(CC(=O)O)C(=O)NC(CO)C(=O)NC(CCC(=O)O)C(=O)O. The van der Waals surface area contributed by atoms with E-state index in [0.29, 0.717) is 5.56 Å². The number of hydrogen-bond donors (Lipinski definition) is 9. The first-order chi connectivity index (χ1) is 16.8. The minimum atomic E-state index is -1.73. The average Bonchev–Trinajstić information content (AvgIpc) is 2.80. The highest BCUT2D eigenvalue weighted by atomic mass is 16.4. The molecule has 0 heterocycles. The van der Waals surface area contributed by atoms with Gasteiger partial charge in [0.2, 0.25) is 17.7 Å². The zero-order valence-corrected chi connectivity index (χ0v) is 18.9. The molecule has 0 aliphatic carbocycles. The molecule has 0 aliphatic rings. The predicted molar refractivity (Wildman–Crippen MR) is 119 cm³/mol. The summed E-state index contributed by atoms with van der Waals surface area (Å²) in [6.07, 6.45) is -1.97. The second-order valence-electron chi connectivity index (χ2n) is 7.71. The third-order valence-corrected chi connectivity index (χ3v) is 4.82. The lowest BCUT2D eigenvalue weighted by atomic mass is 10.0. The summed E-state index contributed by atoms with van der Waals surface area (Å²) < 4.78 is 0. The van der Waals surface area contributed by atoms with E-state index in [1.807, 2.05) is 10.6 Å². The minimum absolute atomic E-state index is 0.00555. The maximum Gasteiger partial charge on any atom is 0.326 e. The van der Waals surface area contributed by atoms with Crippen molar-refractivity contribution in [3.63, 3.8) is 0 Å². The van der Waals surface area contributed by atoms with Gasteiger partial charge in [0.05, 0.1) is 19.1 Å². The topological polar surface area (TPSA) is 266 Å². The van der Waals surface area contributed by atoms with Crippen molar-refractivity contribution in [3.05, 3.63) is 29.8 Å². The number of phenolic OH excluding ortho intramolecular Hbond substituents is 1. The van der Waals surface area contributed by atoms with Crippen LogP contribution in [0.3, 0.4) is 0 Å². The summed E-state index contributed by atoms with van der Waals surface area (Å²) in [7, 11) is 0. The second kappa shape index (κ2) is 14.2. The fourth-order valence-electron chi connectivity index (χ4n) is 2.91. The van der Waals surface area contributed by atoms with Crippen LogP contribution in [0.15, 0.2) is 24.3 Å². The normalized spacial score (nSPS) is 13.9. The molecule has 3 amide bonds. The Morgan fingerprint density at radius 2 is 1.31 bits per heavy atom. The number of nitrogens with one attached hydrogen (secondary N) is 3. The lowest BCUT2D eigenvalue weighted by Gasteiger charge is -2.23. The Balaban J connectivity index is 2.85. The summed E-state index contributed by atoms with van der Waals surface area (Å²) in [6.45, 7) is -1.02. The Morgan fingerprint density at radius 3 is 1.81 bits per heavy atom. The molecule has 4 atom stereocenters. The third-order valence-electron chi connectivity index (χ3n) is 4.82. The molecule has 36 heavy (non-hydrogen) atoms. The van der Waals surface area contributed by atoms with Crippen molar-refractivity contribution >= 4 is 35.6 Å². The first-order valence-electron chi connectivity index (χ1n) is 10.6. The largest absolute Gasteiger partial charge is 0.508 e. The maximum atomic E-state index is 12.6.